The Morgan fingerprint density at radius 1 is 1.14 bits per heavy atom. The van der Waals surface area contributed by atoms with E-state index >= 15 is 0 Å². The van der Waals surface area contributed by atoms with Crippen molar-refractivity contribution in [2.75, 3.05) is 41.8 Å². The van der Waals surface area contributed by atoms with Crippen LogP contribution in [-0.2, 0) is 4.74 Å². The topological polar surface area (TPSA) is 68.3 Å². The lowest BCUT2D eigenvalue weighted by Crippen LogP contribution is -2.25. The molecule has 1 aromatic carbocycles. The van der Waals surface area contributed by atoms with E-state index in [1.54, 1.807) is 37.7 Å². The number of hydrogen-bond acceptors (Lipinski definition) is 7. The lowest BCUT2D eigenvalue weighted by molar-refractivity contribution is 0.0598. The van der Waals surface area contributed by atoms with Crippen LogP contribution in [0.1, 0.15) is 27.8 Å². The van der Waals surface area contributed by atoms with Gasteiger partial charge in [0.2, 0.25) is 0 Å². The number of amides is 1. The van der Waals surface area contributed by atoms with Crippen LogP contribution in [0.25, 0.3) is 0 Å². The number of benzene rings is 1. The first-order valence-electron chi connectivity index (χ1n) is 8.78. The minimum atomic E-state index is -0.450. The van der Waals surface area contributed by atoms with Crippen molar-refractivity contribution in [2.24, 2.45) is 0 Å². The zero-order valence-electron chi connectivity index (χ0n) is 16.8. The summed E-state index contributed by atoms with van der Waals surface area (Å²) in [6.07, 6.45) is -0.0821. The molecule has 1 unspecified atom stereocenters. The smallest absolute Gasteiger partial charge is 0.414 e. The number of esters is 1. The lowest BCUT2D eigenvalue weighted by atomic mass is 10.1. The highest BCUT2D eigenvalue weighted by Gasteiger charge is 2.21. The molecule has 1 heterocycles. The van der Waals surface area contributed by atoms with Crippen molar-refractivity contribution in [2.45, 2.75) is 12.5 Å². The van der Waals surface area contributed by atoms with Crippen molar-refractivity contribution in [1.29, 1.82) is 0 Å². The van der Waals surface area contributed by atoms with Gasteiger partial charge in [0.05, 0.1) is 7.11 Å². The Morgan fingerprint density at radius 3 is 2.54 bits per heavy atom. The number of carbonyl (C=O) groups excluding carboxylic acids is 2. The molecule has 0 fully saturated rings. The van der Waals surface area contributed by atoms with Crippen molar-refractivity contribution in [3.05, 3.63) is 46.2 Å². The van der Waals surface area contributed by atoms with Gasteiger partial charge in [-0.15, -0.1) is 11.3 Å². The molecule has 0 saturated heterocycles. The number of nitrogens with zero attached hydrogens (tertiary/aromatic N) is 2. The third kappa shape index (κ3) is 5.97. The molecule has 0 bridgehead atoms. The van der Waals surface area contributed by atoms with Crippen LogP contribution in [0.5, 0.6) is 11.5 Å². The summed E-state index contributed by atoms with van der Waals surface area (Å²) in [5.74, 6) is 0.495. The van der Waals surface area contributed by atoms with Crippen LogP contribution < -0.4 is 9.47 Å². The number of ether oxygens (including phenoxy) is 3. The minimum absolute atomic E-state index is 0.321. The van der Waals surface area contributed by atoms with Crippen LogP contribution in [0.3, 0.4) is 0 Å². The van der Waals surface area contributed by atoms with Gasteiger partial charge in [-0.3, -0.25) is 0 Å². The second-order valence-corrected chi connectivity index (χ2v) is 7.56. The normalized spacial score (nSPS) is 11.8. The van der Waals surface area contributed by atoms with Crippen molar-refractivity contribution in [1.82, 2.24) is 9.80 Å². The fourth-order valence-electron chi connectivity index (χ4n) is 2.42. The Kier molecular flexibility index (Phi) is 7.83. The maximum Gasteiger partial charge on any atom is 0.414 e. The predicted octanol–water partition coefficient (Wildman–Crippen LogP) is 3.67. The molecule has 1 atom stereocenters. The van der Waals surface area contributed by atoms with Gasteiger partial charge in [-0.1, -0.05) is 12.1 Å². The second-order valence-electron chi connectivity index (χ2n) is 6.64. The molecule has 0 spiro atoms. The molecular weight excluding hydrogens is 380 g/mol. The summed E-state index contributed by atoms with van der Waals surface area (Å²) in [6.45, 7) is 0.782. The molecule has 0 radical (unpaired) electrons. The standard InChI is InChI=1S/C20H26N2O5S/c1-21(2)11-9-16(27-17-10-12-28-18(17)19(23)25-5)14-7-6-8-15(13-14)26-20(24)22(3)4/h6-8,10,12-13,16H,9,11H2,1-5H3. The van der Waals surface area contributed by atoms with Gasteiger partial charge in [-0.25, -0.2) is 9.59 Å². The zero-order valence-corrected chi connectivity index (χ0v) is 17.6. The molecule has 0 aliphatic rings. The number of carbonyl (C=O) groups is 2. The molecule has 1 amide bonds. The molecule has 0 aliphatic carbocycles. The Bertz CT molecular complexity index is 803. The quantitative estimate of drug-likeness (QED) is 0.623. The van der Waals surface area contributed by atoms with Gasteiger partial charge in [-0.2, -0.15) is 0 Å². The molecule has 0 saturated carbocycles. The lowest BCUT2D eigenvalue weighted by Gasteiger charge is -2.22. The molecule has 2 aromatic rings. The summed E-state index contributed by atoms with van der Waals surface area (Å²) in [6, 6.07) is 8.99. The molecule has 28 heavy (non-hydrogen) atoms. The van der Waals surface area contributed by atoms with Gasteiger partial charge >= 0.3 is 12.1 Å². The number of rotatable bonds is 8. The Morgan fingerprint density at radius 2 is 1.89 bits per heavy atom. The monoisotopic (exact) mass is 406 g/mol. The average Bonchev–Trinajstić information content (AvgIpc) is 3.12. The van der Waals surface area contributed by atoms with Crippen LogP contribution >= 0.6 is 11.3 Å². The van der Waals surface area contributed by atoms with E-state index in [0.29, 0.717) is 22.8 Å². The fraction of sp³-hybridized carbons (Fsp3) is 0.400. The molecule has 1 aromatic heterocycles. The summed E-state index contributed by atoms with van der Waals surface area (Å²) in [5, 5.41) is 1.79. The number of hydrogen-bond donors (Lipinski definition) is 0. The van der Waals surface area contributed by atoms with E-state index in [0.717, 1.165) is 12.1 Å². The SMILES string of the molecule is COC(=O)c1sccc1OC(CCN(C)C)c1cccc(OC(=O)N(C)C)c1. The van der Waals surface area contributed by atoms with Gasteiger partial charge in [0.15, 0.2) is 4.88 Å². The highest BCUT2D eigenvalue weighted by molar-refractivity contribution is 7.12. The average molecular weight is 407 g/mol. The van der Waals surface area contributed by atoms with E-state index in [-0.39, 0.29) is 6.10 Å². The van der Waals surface area contributed by atoms with Gasteiger partial charge in [-0.05, 0) is 43.2 Å². The Balaban J connectivity index is 2.27. The highest BCUT2D eigenvalue weighted by atomic mass is 32.1. The minimum Gasteiger partial charge on any atom is -0.484 e. The first kappa shape index (κ1) is 21.7. The molecule has 7 nitrogen and oxygen atoms in total. The van der Waals surface area contributed by atoms with Crippen LogP contribution in [-0.4, -0.2) is 63.7 Å². The summed E-state index contributed by atoms with van der Waals surface area (Å²) in [5.41, 5.74) is 0.855. The third-order valence-corrected chi connectivity index (χ3v) is 4.78. The van der Waals surface area contributed by atoms with Gasteiger partial charge in [0.25, 0.3) is 0 Å². The zero-order chi connectivity index (χ0) is 20.7. The van der Waals surface area contributed by atoms with E-state index < -0.39 is 12.1 Å². The Labute approximate surface area is 169 Å². The first-order valence-corrected chi connectivity index (χ1v) is 9.66. The second kappa shape index (κ2) is 10.1. The van der Waals surface area contributed by atoms with Crippen LogP contribution in [0.4, 0.5) is 4.79 Å². The molecule has 2 rings (SSSR count). The highest BCUT2D eigenvalue weighted by Crippen LogP contribution is 2.32. The number of thiophene rings is 1. The first-order chi connectivity index (χ1) is 13.3. The predicted molar refractivity (Wildman–Crippen MR) is 108 cm³/mol. The maximum atomic E-state index is 12.0. The van der Waals surface area contributed by atoms with E-state index in [1.807, 2.05) is 26.2 Å². The van der Waals surface area contributed by atoms with Crippen molar-refractivity contribution in [3.63, 3.8) is 0 Å². The summed E-state index contributed by atoms with van der Waals surface area (Å²) in [7, 11) is 8.56. The van der Waals surface area contributed by atoms with Crippen molar-refractivity contribution in [3.8, 4) is 11.5 Å². The summed E-state index contributed by atoms with van der Waals surface area (Å²) >= 11 is 1.27. The molecule has 0 N–H and O–H groups in total. The number of methoxy groups -OCH3 is 1. The Hall–Kier alpha value is -2.58. The van der Waals surface area contributed by atoms with Crippen LogP contribution in [0.2, 0.25) is 0 Å². The fourth-order valence-corrected chi connectivity index (χ4v) is 3.16. The van der Waals surface area contributed by atoms with E-state index in [1.165, 1.54) is 23.3 Å². The van der Waals surface area contributed by atoms with E-state index in [9.17, 15) is 9.59 Å². The maximum absolute atomic E-state index is 12.0. The molecule has 152 valence electrons. The van der Waals surface area contributed by atoms with Crippen LogP contribution in [0.15, 0.2) is 35.7 Å². The van der Waals surface area contributed by atoms with E-state index in [4.69, 9.17) is 14.2 Å². The largest absolute Gasteiger partial charge is 0.484 e. The summed E-state index contributed by atoms with van der Waals surface area (Å²) in [4.78, 5) is 27.6. The van der Waals surface area contributed by atoms with Gasteiger partial charge in [0, 0.05) is 27.1 Å². The van der Waals surface area contributed by atoms with Gasteiger partial charge < -0.3 is 24.0 Å². The van der Waals surface area contributed by atoms with Gasteiger partial charge in [0.1, 0.15) is 17.6 Å². The third-order valence-electron chi connectivity index (χ3n) is 3.91. The molecule has 0 aliphatic heterocycles. The van der Waals surface area contributed by atoms with Crippen molar-refractivity contribution < 1.29 is 23.8 Å². The molecule has 8 heteroatoms. The molecular formula is C20H26N2O5S. The van der Waals surface area contributed by atoms with E-state index in [2.05, 4.69) is 4.90 Å². The van der Waals surface area contributed by atoms with Crippen molar-refractivity contribution >= 4 is 23.4 Å². The summed E-state index contributed by atoms with van der Waals surface area (Å²) < 4.78 is 16.4. The van der Waals surface area contributed by atoms with Crippen LogP contribution in [0, 0.1) is 0 Å².